The summed E-state index contributed by atoms with van der Waals surface area (Å²) in [5, 5.41) is 5.58. The Kier molecular flexibility index (Phi) is 6.09. The molecule has 0 aliphatic rings. The molecule has 0 fully saturated rings. The Hall–Kier alpha value is -2.30. The second-order valence-corrected chi connectivity index (χ2v) is 6.88. The fraction of sp³-hybridized carbons (Fsp3) is 0.238. The average Bonchev–Trinajstić information content (AvgIpc) is 3.15. The highest BCUT2D eigenvalue weighted by molar-refractivity contribution is 7.09. The lowest BCUT2D eigenvalue weighted by Crippen LogP contribution is -2.13. The van der Waals surface area contributed by atoms with Crippen LogP contribution in [-0.2, 0) is 19.7 Å². The summed E-state index contributed by atoms with van der Waals surface area (Å²) in [6.07, 6.45) is 0. The minimum absolute atomic E-state index is 0.533. The molecule has 0 aliphatic heterocycles. The van der Waals surface area contributed by atoms with Crippen molar-refractivity contribution in [3.05, 3.63) is 81.5 Å². The molecule has 3 nitrogen and oxygen atoms in total. The maximum absolute atomic E-state index is 6.15. The van der Waals surface area contributed by atoms with Gasteiger partial charge in [0.05, 0.1) is 7.11 Å². The average molecular weight is 353 g/mol. The van der Waals surface area contributed by atoms with E-state index in [1.54, 1.807) is 18.4 Å². The number of hydrogen-bond acceptors (Lipinski definition) is 4. The zero-order valence-corrected chi connectivity index (χ0v) is 15.4. The molecule has 1 N–H and O–H groups in total. The van der Waals surface area contributed by atoms with Gasteiger partial charge in [0.25, 0.3) is 0 Å². The lowest BCUT2D eigenvalue weighted by atomic mass is 10.1. The van der Waals surface area contributed by atoms with Gasteiger partial charge in [0.2, 0.25) is 0 Å². The number of hydrogen-bond donors (Lipinski definition) is 1. The smallest absolute Gasteiger partial charge is 0.166 e. The van der Waals surface area contributed by atoms with Crippen molar-refractivity contribution in [1.29, 1.82) is 0 Å². The molecule has 0 radical (unpaired) electrons. The van der Waals surface area contributed by atoms with E-state index in [1.165, 1.54) is 16.0 Å². The first-order valence-corrected chi connectivity index (χ1v) is 9.22. The fourth-order valence-electron chi connectivity index (χ4n) is 2.68. The second-order valence-electron chi connectivity index (χ2n) is 5.85. The van der Waals surface area contributed by atoms with Crippen LogP contribution in [0.2, 0.25) is 0 Å². The second kappa shape index (κ2) is 8.70. The van der Waals surface area contributed by atoms with Crippen LogP contribution >= 0.6 is 11.3 Å². The normalized spacial score (nSPS) is 10.6. The molecular weight excluding hydrogens is 330 g/mol. The Morgan fingerprint density at radius 1 is 0.920 bits per heavy atom. The van der Waals surface area contributed by atoms with E-state index in [2.05, 4.69) is 48.0 Å². The molecule has 1 heterocycles. The number of nitrogens with one attached hydrogen (secondary N) is 1. The van der Waals surface area contributed by atoms with Crippen LogP contribution in [0.4, 0.5) is 0 Å². The van der Waals surface area contributed by atoms with Gasteiger partial charge in [-0.3, -0.25) is 0 Å². The zero-order valence-electron chi connectivity index (χ0n) is 14.6. The van der Waals surface area contributed by atoms with E-state index in [4.69, 9.17) is 9.47 Å². The zero-order chi connectivity index (χ0) is 17.5. The van der Waals surface area contributed by atoms with Crippen molar-refractivity contribution in [2.75, 3.05) is 7.11 Å². The summed E-state index contributed by atoms with van der Waals surface area (Å²) in [5.41, 5.74) is 3.52. The first-order valence-electron chi connectivity index (χ1n) is 8.34. The van der Waals surface area contributed by atoms with Crippen LogP contribution in [0.15, 0.2) is 60.0 Å². The van der Waals surface area contributed by atoms with Gasteiger partial charge >= 0.3 is 0 Å². The maximum Gasteiger partial charge on any atom is 0.166 e. The molecule has 0 saturated heterocycles. The molecule has 0 amide bonds. The third-order valence-electron chi connectivity index (χ3n) is 4.11. The molecule has 3 rings (SSSR count). The van der Waals surface area contributed by atoms with Crippen molar-refractivity contribution in [3.8, 4) is 11.5 Å². The summed E-state index contributed by atoms with van der Waals surface area (Å²) < 4.78 is 11.7. The third-order valence-corrected chi connectivity index (χ3v) is 4.98. The third kappa shape index (κ3) is 4.62. The first kappa shape index (κ1) is 17.5. The maximum atomic E-state index is 6.15. The molecule has 130 valence electrons. The SMILES string of the molecule is COc1cccc(CNCc2cccs2)c1OCc1ccccc1C. The van der Waals surface area contributed by atoms with Crippen molar-refractivity contribution in [3.63, 3.8) is 0 Å². The van der Waals surface area contributed by atoms with Crippen molar-refractivity contribution in [2.24, 2.45) is 0 Å². The highest BCUT2D eigenvalue weighted by Crippen LogP contribution is 2.32. The van der Waals surface area contributed by atoms with Crippen LogP contribution in [0.1, 0.15) is 21.6 Å². The summed E-state index contributed by atoms with van der Waals surface area (Å²) in [5.74, 6) is 1.58. The predicted molar refractivity (Wildman–Crippen MR) is 103 cm³/mol. The molecule has 0 bridgehead atoms. The minimum Gasteiger partial charge on any atom is -0.493 e. The number of ether oxygens (including phenoxy) is 2. The van der Waals surface area contributed by atoms with E-state index < -0.39 is 0 Å². The molecule has 0 spiro atoms. The molecule has 2 aromatic carbocycles. The monoisotopic (exact) mass is 353 g/mol. The number of methoxy groups -OCH3 is 1. The van der Waals surface area contributed by atoms with Crippen LogP contribution in [-0.4, -0.2) is 7.11 Å². The van der Waals surface area contributed by atoms with E-state index in [0.29, 0.717) is 6.61 Å². The quantitative estimate of drug-likeness (QED) is 0.622. The molecule has 0 aliphatic carbocycles. The van der Waals surface area contributed by atoms with Crippen molar-refractivity contribution < 1.29 is 9.47 Å². The Morgan fingerprint density at radius 3 is 2.52 bits per heavy atom. The Balaban J connectivity index is 1.71. The number of para-hydroxylation sites is 1. The van der Waals surface area contributed by atoms with E-state index >= 15 is 0 Å². The van der Waals surface area contributed by atoms with Gasteiger partial charge in [0, 0.05) is 23.5 Å². The molecule has 0 unspecified atom stereocenters. The van der Waals surface area contributed by atoms with Gasteiger partial charge in [0.1, 0.15) is 6.61 Å². The summed E-state index contributed by atoms with van der Waals surface area (Å²) >= 11 is 1.76. The summed E-state index contributed by atoms with van der Waals surface area (Å²) in [7, 11) is 1.68. The molecule has 0 saturated carbocycles. The van der Waals surface area contributed by atoms with Crippen LogP contribution in [0.25, 0.3) is 0 Å². The minimum atomic E-state index is 0.533. The van der Waals surface area contributed by atoms with Gasteiger partial charge < -0.3 is 14.8 Å². The number of aryl methyl sites for hydroxylation is 1. The van der Waals surface area contributed by atoms with E-state index in [0.717, 1.165) is 30.2 Å². The Labute approximate surface area is 153 Å². The van der Waals surface area contributed by atoms with Gasteiger partial charge in [-0.15, -0.1) is 11.3 Å². The Morgan fingerprint density at radius 2 is 1.76 bits per heavy atom. The largest absolute Gasteiger partial charge is 0.493 e. The summed E-state index contributed by atoms with van der Waals surface area (Å²) in [6, 6.07) is 18.5. The van der Waals surface area contributed by atoms with Gasteiger partial charge in [0.15, 0.2) is 11.5 Å². The molecule has 0 atom stereocenters. The standard InChI is InChI=1S/C21H23NO2S/c1-16-7-3-4-8-18(16)15-24-21-17(9-5-11-20(21)23-2)13-22-14-19-10-6-12-25-19/h3-12,22H,13-15H2,1-2H3. The molecule has 1 aromatic heterocycles. The lowest BCUT2D eigenvalue weighted by molar-refractivity contribution is 0.280. The van der Waals surface area contributed by atoms with Crippen LogP contribution < -0.4 is 14.8 Å². The summed E-state index contributed by atoms with van der Waals surface area (Å²) in [6.45, 7) is 4.22. The van der Waals surface area contributed by atoms with E-state index in [9.17, 15) is 0 Å². The van der Waals surface area contributed by atoms with Gasteiger partial charge in [-0.1, -0.05) is 42.5 Å². The van der Waals surface area contributed by atoms with E-state index in [1.807, 2.05) is 24.3 Å². The Bertz CT molecular complexity index is 799. The first-order chi connectivity index (χ1) is 12.3. The van der Waals surface area contributed by atoms with Gasteiger partial charge in [-0.25, -0.2) is 0 Å². The molecule has 4 heteroatoms. The van der Waals surface area contributed by atoms with Crippen molar-refractivity contribution >= 4 is 11.3 Å². The molecule has 3 aromatic rings. The fourth-order valence-corrected chi connectivity index (χ4v) is 3.35. The highest BCUT2D eigenvalue weighted by atomic mass is 32.1. The molecular formula is C21H23NO2S. The van der Waals surface area contributed by atoms with Gasteiger partial charge in [-0.05, 0) is 35.6 Å². The van der Waals surface area contributed by atoms with Crippen molar-refractivity contribution in [2.45, 2.75) is 26.6 Å². The highest BCUT2D eigenvalue weighted by Gasteiger charge is 2.11. The van der Waals surface area contributed by atoms with Gasteiger partial charge in [-0.2, -0.15) is 0 Å². The van der Waals surface area contributed by atoms with Crippen LogP contribution in [0.3, 0.4) is 0 Å². The van der Waals surface area contributed by atoms with Crippen LogP contribution in [0.5, 0.6) is 11.5 Å². The predicted octanol–water partition coefficient (Wildman–Crippen LogP) is 4.93. The summed E-state index contributed by atoms with van der Waals surface area (Å²) in [4.78, 5) is 1.32. The number of rotatable bonds is 8. The lowest BCUT2D eigenvalue weighted by Gasteiger charge is -2.16. The molecule has 25 heavy (non-hydrogen) atoms. The van der Waals surface area contributed by atoms with Crippen LogP contribution in [0, 0.1) is 6.92 Å². The number of benzene rings is 2. The van der Waals surface area contributed by atoms with E-state index in [-0.39, 0.29) is 0 Å². The topological polar surface area (TPSA) is 30.5 Å². The number of thiophene rings is 1. The van der Waals surface area contributed by atoms with Crippen molar-refractivity contribution in [1.82, 2.24) is 5.32 Å².